The zero-order valence-electron chi connectivity index (χ0n) is 17.5. The Morgan fingerprint density at radius 3 is 1.54 bits per heavy atom. The van der Waals surface area contributed by atoms with E-state index in [1.165, 1.54) is 25.7 Å². The van der Waals surface area contributed by atoms with Crippen molar-refractivity contribution < 1.29 is 19.1 Å². The molecule has 0 unspecified atom stereocenters. The predicted octanol–water partition coefficient (Wildman–Crippen LogP) is 6.13. The Kier molecular flexibility index (Phi) is 16.2. The van der Waals surface area contributed by atoms with E-state index >= 15 is 0 Å². The van der Waals surface area contributed by atoms with Gasteiger partial charge in [-0.25, -0.2) is 9.59 Å². The fourth-order valence-electron chi connectivity index (χ4n) is 2.73. The maximum absolute atomic E-state index is 12.5. The van der Waals surface area contributed by atoms with E-state index in [0.29, 0.717) is 37.2 Å². The third-order valence-electron chi connectivity index (χ3n) is 4.45. The number of carbonyl (C=O) groups is 2. The highest BCUT2D eigenvalue weighted by Gasteiger charge is 2.21. The van der Waals surface area contributed by atoms with Crippen LogP contribution in [0.2, 0.25) is 0 Å². The summed E-state index contributed by atoms with van der Waals surface area (Å²) in [5.74, 6) is -0.689. The van der Waals surface area contributed by atoms with Crippen molar-refractivity contribution in [3.05, 3.63) is 11.1 Å². The standard InChI is InChI=1S/C22H40O4/c1-5-9-12-13-14-15-16-20(22(24)26-18-11-7-3)19(8-4)21(23)25-17-10-6-2/h5-18H2,1-4H3/b20-19-. The van der Waals surface area contributed by atoms with Crippen LogP contribution >= 0.6 is 0 Å². The maximum Gasteiger partial charge on any atom is 0.334 e. The fraction of sp³-hybridized carbons (Fsp3) is 0.818. The second-order valence-electron chi connectivity index (χ2n) is 6.81. The van der Waals surface area contributed by atoms with Crippen molar-refractivity contribution in [2.75, 3.05) is 13.2 Å². The first-order chi connectivity index (χ1) is 12.6. The van der Waals surface area contributed by atoms with Crippen molar-refractivity contribution in [3.8, 4) is 0 Å². The van der Waals surface area contributed by atoms with Gasteiger partial charge in [0.15, 0.2) is 0 Å². The number of rotatable bonds is 16. The molecule has 0 N–H and O–H groups in total. The minimum absolute atomic E-state index is 0.337. The molecule has 0 amide bonds. The second-order valence-corrected chi connectivity index (χ2v) is 6.81. The van der Waals surface area contributed by atoms with E-state index in [9.17, 15) is 9.59 Å². The van der Waals surface area contributed by atoms with Gasteiger partial charge in [0, 0.05) is 11.1 Å². The lowest BCUT2D eigenvalue weighted by Crippen LogP contribution is -2.17. The van der Waals surface area contributed by atoms with E-state index in [1.807, 2.05) is 6.92 Å². The van der Waals surface area contributed by atoms with Crippen molar-refractivity contribution in [2.45, 2.75) is 105 Å². The highest BCUT2D eigenvalue weighted by molar-refractivity contribution is 6.00. The van der Waals surface area contributed by atoms with Crippen molar-refractivity contribution in [2.24, 2.45) is 0 Å². The highest BCUT2D eigenvalue weighted by Crippen LogP contribution is 2.20. The van der Waals surface area contributed by atoms with Gasteiger partial charge in [-0.15, -0.1) is 0 Å². The minimum Gasteiger partial charge on any atom is -0.462 e. The molecule has 0 aromatic heterocycles. The summed E-state index contributed by atoms with van der Waals surface area (Å²) in [7, 11) is 0. The molecule has 26 heavy (non-hydrogen) atoms. The summed E-state index contributed by atoms with van der Waals surface area (Å²) in [4.78, 5) is 24.9. The first-order valence-corrected chi connectivity index (χ1v) is 10.7. The van der Waals surface area contributed by atoms with E-state index in [4.69, 9.17) is 9.47 Å². The Labute approximate surface area is 160 Å². The van der Waals surface area contributed by atoms with E-state index < -0.39 is 0 Å². The number of hydrogen-bond donors (Lipinski definition) is 0. The number of esters is 2. The van der Waals surface area contributed by atoms with Gasteiger partial charge in [-0.1, -0.05) is 72.6 Å². The van der Waals surface area contributed by atoms with E-state index in [0.717, 1.165) is 38.5 Å². The summed E-state index contributed by atoms with van der Waals surface area (Å²) in [6, 6.07) is 0. The van der Waals surface area contributed by atoms with Gasteiger partial charge in [-0.05, 0) is 32.1 Å². The summed E-state index contributed by atoms with van der Waals surface area (Å²) in [5, 5.41) is 0. The molecule has 4 heteroatoms. The molecule has 0 aliphatic rings. The molecule has 0 rings (SSSR count). The van der Waals surface area contributed by atoms with Crippen LogP contribution in [0.15, 0.2) is 11.1 Å². The first-order valence-electron chi connectivity index (χ1n) is 10.7. The lowest BCUT2D eigenvalue weighted by Gasteiger charge is -2.14. The Balaban J connectivity index is 4.92. The topological polar surface area (TPSA) is 52.6 Å². The smallest absolute Gasteiger partial charge is 0.334 e. The van der Waals surface area contributed by atoms with Crippen LogP contribution in [0.5, 0.6) is 0 Å². The third-order valence-corrected chi connectivity index (χ3v) is 4.45. The summed E-state index contributed by atoms with van der Waals surface area (Å²) < 4.78 is 10.7. The van der Waals surface area contributed by atoms with Gasteiger partial charge in [-0.3, -0.25) is 0 Å². The van der Waals surface area contributed by atoms with Crippen molar-refractivity contribution in [1.29, 1.82) is 0 Å². The van der Waals surface area contributed by atoms with Gasteiger partial charge in [0.05, 0.1) is 13.2 Å². The SMILES string of the molecule is CCCCCCCC/C(C(=O)OCCCC)=C(\CC)C(=O)OCCCC. The molecule has 0 heterocycles. The highest BCUT2D eigenvalue weighted by atomic mass is 16.5. The van der Waals surface area contributed by atoms with Crippen LogP contribution in [-0.4, -0.2) is 25.2 Å². The molecule has 0 aliphatic heterocycles. The molecule has 0 spiro atoms. The number of unbranched alkanes of at least 4 members (excludes halogenated alkanes) is 7. The predicted molar refractivity (Wildman–Crippen MR) is 107 cm³/mol. The van der Waals surface area contributed by atoms with Gasteiger partial charge in [0.25, 0.3) is 0 Å². The van der Waals surface area contributed by atoms with Crippen LogP contribution in [0.25, 0.3) is 0 Å². The van der Waals surface area contributed by atoms with Crippen LogP contribution in [-0.2, 0) is 19.1 Å². The molecular weight excluding hydrogens is 328 g/mol. The average molecular weight is 369 g/mol. The van der Waals surface area contributed by atoms with Crippen LogP contribution in [0.3, 0.4) is 0 Å². The fourth-order valence-corrected chi connectivity index (χ4v) is 2.73. The zero-order valence-corrected chi connectivity index (χ0v) is 17.5. The van der Waals surface area contributed by atoms with E-state index in [-0.39, 0.29) is 11.9 Å². The molecule has 0 fully saturated rings. The number of carbonyl (C=O) groups excluding carboxylic acids is 2. The van der Waals surface area contributed by atoms with Crippen LogP contribution in [0, 0.1) is 0 Å². The molecule has 0 bridgehead atoms. The molecule has 4 nitrogen and oxygen atoms in total. The quantitative estimate of drug-likeness (QED) is 0.187. The number of ether oxygens (including phenoxy) is 2. The Bertz CT molecular complexity index is 412. The van der Waals surface area contributed by atoms with Gasteiger partial charge in [0.1, 0.15) is 0 Å². The molecule has 152 valence electrons. The van der Waals surface area contributed by atoms with E-state index in [1.54, 1.807) is 0 Å². The lowest BCUT2D eigenvalue weighted by atomic mass is 9.99. The van der Waals surface area contributed by atoms with Crippen molar-refractivity contribution in [1.82, 2.24) is 0 Å². The Hall–Kier alpha value is -1.32. The van der Waals surface area contributed by atoms with Gasteiger partial charge in [0.2, 0.25) is 0 Å². The Morgan fingerprint density at radius 2 is 1.04 bits per heavy atom. The van der Waals surface area contributed by atoms with Crippen LogP contribution < -0.4 is 0 Å². The number of hydrogen-bond acceptors (Lipinski definition) is 4. The van der Waals surface area contributed by atoms with E-state index in [2.05, 4.69) is 20.8 Å². The molecule has 0 aliphatic carbocycles. The second kappa shape index (κ2) is 17.1. The normalized spacial score (nSPS) is 11.8. The summed E-state index contributed by atoms with van der Waals surface area (Å²) in [6.07, 6.45) is 11.6. The molecule has 0 saturated heterocycles. The minimum atomic E-state index is -0.352. The van der Waals surface area contributed by atoms with Crippen molar-refractivity contribution in [3.63, 3.8) is 0 Å². The molecule has 0 aromatic rings. The van der Waals surface area contributed by atoms with Gasteiger partial charge < -0.3 is 9.47 Å². The first kappa shape index (κ1) is 24.7. The molecule has 0 aromatic carbocycles. The average Bonchev–Trinajstić information content (AvgIpc) is 2.63. The van der Waals surface area contributed by atoms with Crippen molar-refractivity contribution >= 4 is 11.9 Å². The molecule has 0 saturated carbocycles. The zero-order chi connectivity index (χ0) is 19.6. The summed E-state index contributed by atoms with van der Waals surface area (Å²) in [6.45, 7) is 9.04. The monoisotopic (exact) mass is 368 g/mol. The van der Waals surface area contributed by atoms with Gasteiger partial charge >= 0.3 is 11.9 Å². The van der Waals surface area contributed by atoms with Crippen LogP contribution in [0.4, 0.5) is 0 Å². The Morgan fingerprint density at radius 1 is 0.577 bits per heavy atom. The lowest BCUT2D eigenvalue weighted by molar-refractivity contribution is -0.142. The summed E-state index contributed by atoms with van der Waals surface area (Å²) >= 11 is 0. The molecule has 0 radical (unpaired) electrons. The third kappa shape index (κ3) is 11.3. The molecular formula is C22H40O4. The van der Waals surface area contributed by atoms with Gasteiger partial charge in [-0.2, -0.15) is 0 Å². The largest absolute Gasteiger partial charge is 0.462 e. The van der Waals surface area contributed by atoms with Crippen LogP contribution in [0.1, 0.15) is 105 Å². The summed E-state index contributed by atoms with van der Waals surface area (Å²) in [5.41, 5.74) is 1.02. The maximum atomic E-state index is 12.5. The molecule has 0 atom stereocenters.